The minimum atomic E-state index is -4.10. The Labute approximate surface area is 242 Å². The van der Waals surface area contributed by atoms with Crippen molar-refractivity contribution in [1.82, 2.24) is 10.2 Å². The molecule has 2 amide bonds. The van der Waals surface area contributed by atoms with Gasteiger partial charge < -0.3 is 10.2 Å². The third-order valence-electron chi connectivity index (χ3n) is 7.56. The highest BCUT2D eigenvalue weighted by atomic mass is 35.5. The zero-order valence-corrected chi connectivity index (χ0v) is 24.7. The summed E-state index contributed by atoms with van der Waals surface area (Å²) in [4.78, 5) is 28.9. The highest BCUT2D eigenvalue weighted by Gasteiger charge is 2.33. The molecule has 7 nitrogen and oxygen atoms in total. The Morgan fingerprint density at radius 3 is 2.25 bits per heavy atom. The molecule has 0 radical (unpaired) electrons. The van der Waals surface area contributed by atoms with Crippen LogP contribution in [0.1, 0.15) is 49.3 Å². The Bertz CT molecular complexity index is 1460. The number of nitrogens with zero attached hydrogens (tertiary/aromatic N) is 2. The maximum absolute atomic E-state index is 14.1. The van der Waals surface area contributed by atoms with E-state index in [1.54, 1.807) is 55.5 Å². The number of rotatable bonds is 10. The SMILES string of the molecule is Cc1ccc(N(CC(=O)N(Cc2ccccc2Cl)[C@H](C)C(=O)NC2CCCC2)S(=O)(=O)c2ccccc2)cc1C. The fraction of sp³-hybridized carbons (Fsp3) is 0.355. The highest BCUT2D eigenvalue weighted by Crippen LogP contribution is 2.27. The number of aryl methyl sites for hydroxylation is 2. The van der Waals surface area contributed by atoms with Crippen molar-refractivity contribution in [2.75, 3.05) is 10.8 Å². The summed E-state index contributed by atoms with van der Waals surface area (Å²) in [6, 6.07) is 19.7. The summed E-state index contributed by atoms with van der Waals surface area (Å²) < 4.78 is 28.9. The summed E-state index contributed by atoms with van der Waals surface area (Å²) in [7, 11) is -4.10. The Hall–Kier alpha value is -3.36. The topological polar surface area (TPSA) is 86.8 Å². The number of halogens is 1. The van der Waals surface area contributed by atoms with Crippen molar-refractivity contribution >= 4 is 39.1 Å². The monoisotopic (exact) mass is 581 g/mol. The largest absolute Gasteiger partial charge is 0.352 e. The zero-order valence-electron chi connectivity index (χ0n) is 23.1. The van der Waals surface area contributed by atoms with Crippen molar-refractivity contribution < 1.29 is 18.0 Å². The molecule has 3 aromatic rings. The van der Waals surface area contributed by atoms with E-state index in [1.165, 1.54) is 17.0 Å². The third kappa shape index (κ3) is 6.85. The summed E-state index contributed by atoms with van der Waals surface area (Å²) in [5.74, 6) is -0.775. The van der Waals surface area contributed by atoms with E-state index in [4.69, 9.17) is 11.6 Å². The second-order valence-electron chi connectivity index (χ2n) is 10.4. The number of amides is 2. The van der Waals surface area contributed by atoms with Gasteiger partial charge in [0.25, 0.3) is 10.0 Å². The lowest BCUT2D eigenvalue weighted by atomic mass is 10.1. The van der Waals surface area contributed by atoms with Crippen molar-refractivity contribution in [1.29, 1.82) is 0 Å². The first-order valence-corrected chi connectivity index (χ1v) is 15.4. The number of anilines is 1. The maximum atomic E-state index is 14.1. The van der Waals surface area contributed by atoms with Crippen LogP contribution >= 0.6 is 11.6 Å². The lowest BCUT2D eigenvalue weighted by Crippen LogP contribution is -2.52. The predicted molar refractivity (Wildman–Crippen MR) is 159 cm³/mol. The molecule has 1 saturated carbocycles. The molecule has 0 heterocycles. The molecule has 1 fully saturated rings. The van der Waals surface area contributed by atoms with Gasteiger partial charge in [-0.25, -0.2) is 8.42 Å². The second-order valence-corrected chi connectivity index (χ2v) is 12.6. The summed E-state index contributed by atoms with van der Waals surface area (Å²) in [6.45, 7) is 5.09. The van der Waals surface area contributed by atoms with Crippen molar-refractivity contribution in [2.45, 2.75) is 70.0 Å². The Balaban J connectivity index is 1.70. The lowest BCUT2D eigenvalue weighted by molar-refractivity contribution is -0.139. The van der Waals surface area contributed by atoms with Crippen LogP contribution < -0.4 is 9.62 Å². The number of benzene rings is 3. The van der Waals surface area contributed by atoms with E-state index in [0.29, 0.717) is 16.3 Å². The average molecular weight is 582 g/mol. The van der Waals surface area contributed by atoms with Crippen LogP contribution in [0.2, 0.25) is 5.02 Å². The van der Waals surface area contributed by atoms with E-state index in [2.05, 4.69) is 5.32 Å². The molecule has 1 aliphatic rings. The van der Waals surface area contributed by atoms with E-state index < -0.39 is 28.5 Å². The molecule has 9 heteroatoms. The molecule has 40 heavy (non-hydrogen) atoms. The van der Waals surface area contributed by atoms with Gasteiger partial charge in [0.1, 0.15) is 12.6 Å². The summed E-state index contributed by atoms with van der Waals surface area (Å²) in [5, 5.41) is 3.54. The molecule has 0 aliphatic heterocycles. The summed E-state index contributed by atoms with van der Waals surface area (Å²) in [6.07, 6.45) is 3.94. The molecule has 3 aromatic carbocycles. The molecule has 1 atom stereocenters. The fourth-order valence-electron chi connectivity index (χ4n) is 4.91. The van der Waals surface area contributed by atoms with Gasteiger partial charge in [-0.15, -0.1) is 0 Å². The van der Waals surface area contributed by atoms with Gasteiger partial charge in [-0.05, 0) is 80.6 Å². The van der Waals surface area contributed by atoms with E-state index in [0.717, 1.165) is 41.1 Å². The van der Waals surface area contributed by atoms with Crippen LogP contribution in [-0.2, 0) is 26.2 Å². The van der Waals surface area contributed by atoms with E-state index in [9.17, 15) is 18.0 Å². The van der Waals surface area contributed by atoms with Crippen LogP contribution in [-0.4, -0.2) is 43.8 Å². The van der Waals surface area contributed by atoms with Gasteiger partial charge in [0.15, 0.2) is 0 Å². The van der Waals surface area contributed by atoms with E-state index in [-0.39, 0.29) is 23.4 Å². The molecule has 0 unspecified atom stereocenters. The molecular formula is C31H36ClN3O4S. The van der Waals surface area contributed by atoms with Gasteiger partial charge in [0.2, 0.25) is 11.8 Å². The fourth-order valence-corrected chi connectivity index (χ4v) is 6.54. The number of carbonyl (C=O) groups is 2. The van der Waals surface area contributed by atoms with Crippen LogP contribution in [0, 0.1) is 13.8 Å². The van der Waals surface area contributed by atoms with Gasteiger partial charge >= 0.3 is 0 Å². The smallest absolute Gasteiger partial charge is 0.264 e. The molecule has 0 bridgehead atoms. The summed E-state index contributed by atoms with van der Waals surface area (Å²) in [5.41, 5.74) is 2.95. The van der Waals surface area contributed by atoms with Gasteiger partial charge in [0.05, 0.1) is 10.6 Å². The van der Waals surface area contributed by atoms with Crippen LogP contribution in [0.3, 0.4) is 0 Å². The average Bonchev–Trinajstić information content (AvgIpc) is 3.46. The number of nitrogens with one attached hydrogen (secondary N) is 1. The number of hydrogen-bond acceptors (Lipinski definition) is 4. The number of carbonyl (C=O) groups excluding carboxylic acids is 2. The van der Waals surface area contributed by atoms with Gasteiger partial charge in [-0.3, -0.25) is 13.9 Å². The molecule has 0 aromatic heterocycles. The van der Waals surface area contributed by atoms with Gasteiger partial charge in [-0.1, -0.05) is 66.9 Å². The number of sulfonamides is 1. The lowest BCUT2D eigenvalue weighted by Gasteiger charge is -2.32. The minimum Gasteiger partial charge on any atom is -0.352 e. The molecule has 1 aliphatic carbocycles. The van der Waals surface area contributed by atoms with Crippen LogP contribution in [0.5, 0.6) is 0 Å². The maximum Gasteiger partial charge on any atom is 0.264 e. The van der Waals surface area contributed by atoms with Crippen molar-refractivity contribution in [2.24, 2.45) is 0 Å². The Morgan fingerprint density at radius 1 is 0.950 bits per heavy atom. The normalized spacial score (nSPS) is 14.5. The zero-order chi connectivity index (χ0) is 28.9. The Morgan fingerprint density at radius 2 is 1.60 bits per heavy atom. The molecule has 4 rings (SSSR count). The van der Waals surface area contributed by atoms with Gasteiger partial charge in [0, 0.05) is 17.6 Å². The first-order valence-electron chi connectivity index (χ1n) is 13.6. The molecule has 0 spiro atoms. The van der Waals surface area contributed by atoms with Crippen molar-refractivity contribution in [3.05, 3.63) is 94.5 Å². The molecule has 1 N–H and O–H groups in total. The Kier molecular flexibility index (Phi) is 9.53. The number of hydrogen-bond donors (Lipinski definition) is 1. The standard InChI is InChI=1S/C31H36ClN3O4S/c1-22-17-18-27(19-23(22)2)35(40(38,39)28-14-5-4-6-15-28)21-30(36)34(20-25-11-7-10-16-29(25)32)24(3)31(37)33-26-12-8-9-13-26/h4-7,10-11,14-19,24,26H,8-9,12-13,20-21H2,1-3H3,(H,33,37)/t24-/m1/s1. The quantitative estimate of drug-likeness (QED) is 0.336. The first-order chi connectivity index (χ1) is 19.1. The van der Waals surface area contributed by atoms with E-state index >= 15 is 0 Å². The molecular weight excluding hydrogens is 546 g/mol. The van der Waals surface area contributed by atoms with E-state index in [1.807, 2.05) is 26.0 Å². The van der Waals surface area contributed by atoms with Crippen molar-refractivity contribution in [3.8, 4) is 0 Å². The highest BCUT2D eigenvalue weighted by molar-refractivity contribution is 7.92. The second kappa shape index (κ2) is 12.9. The third-order valence-corrected chi connectivity index (χ3v) is 9.71. The van der Waals surface area contributed by atoms with Crippen LogP contribution in [0.4, 0.5) is 5.69 Å². The van der Waals surface area contributed by atoms with Crippen LogP contribution in [0.15, 0.2) is 77.7 Å². The van der Waals surface area contributed by atoms with Crippen LogP contribution in [0.25, 0.3) is 0 Å². The van der Waals surface area contributed by atoms with Crippen molar-refractivity contribution in [3.63, 3.8) is 0 Å². The first kappa shape index (κ1) is 29.6. The summed E-state index contributed by atoms with van der Waals surface area (Å²) >= 11 is 6.44. The molecule has 212 valence electrons. The minimum absolute atomic E-state index is 0.0594. The molecule has 0 saturated heterocycles. The predicted octanol–water partition coefficient (Wildman–Crippen LogP) is 5.63. The van der Waals surface area contributed by atoms with Gasteiger partial charge in [-0.2, -0.15) is 0 Å².